The molecule has 0 spiro atoms. The Morgan fingerprint density at radius 3 is 2.45 bits per heavy atom. The molecule has 29 heavy (non-hydrogen) atoms. The van der Waals surface area contributed by atoms with Gasteiger partial charge in [-0.3, -0.25) is 4.98 Å². The van der Waals surface area contributed by atoms with Crippen LogP contribution in [0.4, 0.5) is 0 Å². The third-order valence-corrected chi connectivity index (χ3v) is 4.74. The van der Waals surface area contributed by atoms with Crippen LogP contribution in [0.25, 0.3) is 10.9 Å². The van der Waals surface area contributed by atoms with E-state index in [0.717, 1.165) is 0 Å². The summed E-state index contributed by atoms with van der Waals surface area (Å²) in [4.78, 5) is 4.29. The van der Waals surface area contributed by atoms with Gasteiger partial charge >= 0.3 is 0 Å². The molecule has 0 saturated carbocycles. The maximum Gasteiger partial charge on any atom is 0.229 e. The lowest BCUT2D eigenvalue weighted by Gasteiger charge is -2.39. The van der Waals surface area contributed by atoms with Crippen molar-refractivity contribution in [3.05, 3.63) is 60.8 Å². The van der Waals surface area contributed by atoms with Crippen molar-refractivity contribution < 1.29 is 34.6 Å². The molecule has 8 nitrogen and oxygen atoms in total. The summed E-state index contributed by atoms with van der Waals surface area (Å²) in [5.41, 5.74) is 0.632. The normalized spacial score (nSPS) is 27.0. The Hall–Kier alpha value is -2.75. The van der Waals surface area contributed by atoms with Crippen molar-refractivity contribution in [2.45, 2.75) is 30.7 Å². The van der Waals surface area contributed by atoms with Crippen LogP contribution < -0.4 is 9.47 Å². The van der Waals surface area contributed by atoms with Gasteiger partial charge in [-0.25, -0.2) is 0 Å². The molecule has 0 aliphatic carbocycles. The summed E-state index contributed by atoms with van der Waals surface area (Å²) in [5, 5.41) is 40.0. The molecule has 1 saturated heterocycles. The highest BCUT2D eigenvalue weighted by Crippen LogP contribution is 2.32. The first kappa shape index (κ1) is 19.6. The number of fused-ring (bicyclic) bond motifs is 1. The van der Waals surface area contributed by atoms with Gasteiger partial charge in [-0.05, 0) is 36.4 Å². The average Bonchev–Trinajstić information content (AvgIpc) is 2.75. The second kappa shape index (κ2) is 8.32. The van der Waals surface area contributed by atoms with Gasteiger partial charge in [-0.2, -0.15) is 0 Å². The standard InChI is InChI=1S/C21H21NO7/c23-11-17-18(24)19(25)20(26)21(29-17)28-16-8-9-22-15-7-6-13(10-14(15)16)27-12-4-2-1-3-5-12/h1-10,17-21,23-26H,11H2/t17-,18-,19+,20-,21-/m1/s1. The molecule has 4 N–H and O–H groups in total. The van der Waals surface area contributed by atoms with E-state index in [0.29, 0.717) is 28.2 Å². The highest BCUT2D eigenvalue weighted by molar-refractivity contribution is 5.86. The zero-order valence-corrected chi connectivity index (χ0v) is 15.3. The largest absolute Gasteiger partial charge is 0.461 e. The van der Waals surface area contributed by atoms with Crippen molar-refractivity contribution >= 4 is 10.9 Å². The van der Waals surface area contributed by atoms with Gasteiger partial charge < -0.3 is 34.6 Å². The van der Waals surface area contributed by atoms with Crippen LogP contribution in [0.2, 0.25) is 0 Å². The summed E-state index contributed by atoms with van der Waals surface area (Å²) < 4.78 is 17.1. The van der Waals surface area contributed by atoms with Gasteiger partial charge in [0.25, 0.3) is 0 Å². The Kier molecular flexibility index (Phi) is 5.61. The smallest absolute Gasteiger partial charge is 0.229 e. The minimum atomic E-state index is -1.52. The fourth-order valence-electron chi connectivity index (χ4n) is 3.18. The van der Waals surface area contributed by atoms with E-state index >= 15 is 0 Å². The zero-order chi connectivity index (χ0) is 20.4. The van der Waals surface area contributed by atoms with Crippen LogP contribution in [-0.2, 0) is 4.74 Å². The molecule has 1 aliphatic heterocycles. The van der Waals surface area contributed by atoms with Crippen molar-refractivity contribution in [2.24, 2.45) is 0 Å². The lowest BCUT2D eigenvalue weighted by molar-refractivity contribution is -0.277. The van der Waals surface area contributed by atoms with E-state index < -0.39 is 37.3 Å². The molecule has 2 aromatic carbocycles. The number of aliphatic hydroxyl groups excluding tert-OH is 4. The quantitative estimate of drug-likeness (QED) is 0.505. The van der Waals surface area contributed by atoms with Crippen LogP contribution in [0, 0.1) is 0 Å². The van der Waals surface area contributed by atoms with E-state index in [9.17, 15) is 20.4 Å². The molecule has 0 radical (unpaired) electrons. The lowest BCUT2D eigenvalue weighted by Crippen LogP contribution is -2.60. The summed E-state index contributed by atoms with van der Waals surface area (Å²) in [6.45, 7) is -0.531. The van der Waals surface area contributed by atoms with Gasteiger partial charge in [-0.1, -0.05) is 18.2 Å². The van der Waals surface area contributed by atoms with Crippen LogP contribution in [0.15, 0.2) is 60.8 Å². The van der Waals surface area contributed by atoms with Crippen molar-refractivity contribution in [2.75, 3.05) is 6.61 Å². The van der Waals surface area contributed by atoms with E-state index in [2.05, 4.69) is 4.98 Å². The third kappa shape index (κ3) is 4.02. The molecule has 8 heteroatoms. The fourth-order valence-corrected chi connectivity index (χ4v) is 3.18. The van der Waals surface area contributed by atoms with Crippen molar-refractivity contribution in [3.8, 4) is 17.2 Å². The summed E-state index contributed by atoms with van der Waals surface area (Å²) in [7, 11) is 0. The molecule has 5 atom stereocenters. The SMILES string of the molecule is OC[C@H]1O[C@@H](Oc2ccnc3ccc(Oc4ccccc4)cc23)[C@H](O)[C@@H](O)[C@@H]1O. The molecular weight excluding hydrogens is 378 g/mol. The number of hydrogen-bond donors (Lipinski definition) is 4. The van der Waals surface area contributed by atoms with Gasteiger partial charge in [0.1, 0.15) is 41.7 Å². The Balaban J connectivity index is 1.62. The van der Waals surface area contributed by atoms with Gasteiger partial charge in [0.15, 0.2) is 0 Å². The number of para-hydroxylation sites is 1. The number of aromatic nitrogens is 1. The molecule has 1 aliphatic rings. The van der Waals surface area contributed by atoms with E-state index in [1.807, 2.05) is 30.3 Å². The summed E-state index contributed by atoms with van der Waals surface area (Å²) >= 11 is 0. The highest BCUT2D eigenvalue weighted by atomic mass is 16.7. The Morgan fingerprint density at radius 1 is 0.897 bits per heavy atom. The first-order valence-corrected chi connectivity index (χ1v) is 9.15. The van der Waals surface area contributed by atoms with E-state index in [4.69, 9.17) is 14.2 Å². The van der Waals surface area contributed by atoms with Crippen molar-refractivity contribution in [1.29, 1.82) is 0 Å². The molecule has 2 heterocycles. The third-order valence-electron chi connectivity index (χ3n) is 4.74. The molecule has 0 amide bonds. The van der Waals surface area contributed by atoms with Crippen LogP contribution >= 0.6 is 0 Å². The summed E-state index contributed by atoms with van der Waals surface area (Å²) in [5.74, 6) is 1.58. The molecule has 4 rings (SSSR count). The first-order chi connectivity index (χ1) is 14.1. The van der Waals surface area contributed by atoms with Crippen molar-refractivity contribution in [3.63, 3.8) is 0 Å². The second-order valence-corrected chi connectivity index (χ2v) is 6.72. The maximum absolute atomic E-state index is 10.2. The van der Waals surface area contributed by atoms with Gasteiger partial charge in [0.05, 0.1) is 12.1 Å². The predicted octanol–water partition coefficient (Wildman–Crippen LogP) is 1.21. The first-order valence-electron chi connectivity index (χ1n) is 9.15. The molecular formula is C21H21NO7. The number of ether oxygens (including phenoxy) is 3. The number of rotatable bonds is 5. The Bertz CT molecular complexity index is 966. The minimum Gasteiger partial charge on any atom is -0.461 e. The Morgan fingerprint density at radius 2 is 1.69 bits per heavy atom. The van der Waals surface area contributed by atoms with E-state index in [1.165, 1.54) is 0 Å². The van der Waals surface area contributed by atoms with Crippen molar-refractivity contribution in [1.82, 2.24) is 4.98 Å². The predicted molar refractivity (Wildman–Crippen MR) is 103 cm³/mol. The lowest BCUT2D eigenvalue weighted by atomic mass is 9.99. The Labute approximate surface area is 166 Å². The molecule has 0 unspecified atom stereocenters. The zero-order valence-electron chi connectivity index (χ0n) is 15.3. The highest BCUT2D eigenvalue weighted by Gasteiger charge is 2.44. The fraction of sp³-hybridized carbons (Fsp3) is 0.286. The molecule has 0 bridgehead atoms. The molecule has 1 aromatic heterocycles. The van der Waals surface area contributed by atoms with Crippen LogP contribution in [0.3, 0.4) is 0 Å². The topological polar surface area (TPSA) is 122 Å². The van der Waals surface area contributed by atoms with Crippen LogP contribution in [0.5, 0.6) is 17.2 Å². The van der Waals surface area contributed by atoms with E-state index in [1.54, 1.807) is 30.5 Å². The summed E-state index contributed by atoms with van der Waals surface area (Å²) in [6, 6.07) is 16.2. The molecule has 1 fully saturated rings. The van der Waals surface area contributed by atoms with Gasteiger partial charge in [0, 0.05) is 11.6 Å². The van der Waals surface area contributed by atoms with E-state index in [-0.39, 0.29) is 0 Å². The molecule has 3 aromatic rings. The maximum atomic E-state index is 10.2. The number of hydrogen-bond acceptors (Lipinski definition) is 8. The second-order valence-electron chi connectivity index (χ2n) is 6.72. The number of nitrogens with zero attached hydrogens (tertiary/aromatic N) is 1. The number of aliphatic hydroxyl groups is 4. The number of pyridine rings is 1. The average molecular weight is 399 g/mol. The number of benzene rings is 2. The summed E-state index contributed by atoms with van der Waals surface area (Å²) in [6.07, 6.45) is -5.26. The monoisotopic (exact) mass is 399 g/mol. The molecule has 152 valence electrons. The minimum absolute atomic E-state index is 0.345. The van der Waals surface area contributed by atoms with Crippen LogP contribution in [0.1, 0.15) is 0 Å². The van der Waals surface area contributed by atoms with Gasteiger partial charge in [-0.15, -0.1) is 0 Å². The van der Waals surface area contributed by atoms with Gasteiger partial charge in [0.2, 0.25) is 6.29 Å². The van der Waals surface area contributed by atoms with Crippen LogP contribution in [-0.4, -0.2) is 62.7 Å².